The van der Waals surface area contributed by atoms with E-state index in [9.17, 15) is 24.4 Å². The maximum absolute atomic E-state index is 14.4. The molecule has 0 aromatic heterocycles. The number of rotatable bonds is 35. The largest absolute Gasteiger partial charge is 0.475 e. The molecule has 10 atom stereocenters. The minimum atomic E-state index is -4.25. The number of ether oxygens (including phenoxy) is 8. The zero-order valence-electron chi connectivity index (χ0n) is 37.0. The summed E-state index contributed by atoms with van der Waals surface area (Å²) in [5, 5.41) is 25.1. The average molecular weight is 885 g/mol. The Hall–Kier alpha value is -1.93. The molecule has 10 unspecified atom stereocenters. The Bertz CT molecular complexity index is 1190. The number of phosphoric acid groups is 1. The first-order valence-electron chi connectivity index (χ1n) is 22.2. The lowest BCUT2D eigenvalue weighted by Gasteiger charge is -2.48. The Balaban J connectivity index is 2.64. The highest BCUT2D eigenvalue weighted by molar-refractivity contribution is 7.48. The molecule has 2 saturated heterocycles. The van der Waals surface area contributed by atoms with Gasteiger partial charge in [-0.2, -0.15) is 0 Å². The molecule has 0 saturated carbocycles. The van der Waals surface area contributed by atoms with Crippen molar-refractivity contribution in [3.63, 3.8) is 0 Å². The molecule has 0 spiro atoms. The topological polar surface area (TPSA) is 217 Å². The Morgan fingerprint density at radius 1 is 0.583 bits per heavy atom. The van der Waals surface area contributed by atoms with Gasteiger partial charge in [-0.25, -0.2) is 14.2 Å². The first kappa shape index (κ1) is 54.2. The molecule has 2 fully saturated rings. The summed E-state index contributed by atoms with van der Waals surface area (Å²) >= 11 is 0. The first-order valence-corrected chi connectivity index (χ1v) is 23.6. The smallest absolute Gasteiger partial charge is 0.465 e. The molecular weight excluding hydrogens is 807 g/mol. The highest BCUT2D eigenvalue weighted by atomic mass is 31.2. The van der Waals surface area contributed by atoms with Crippen molar-refractivity contribution in [1.82, 2.24) is 10.6 Å². The Morgan fingerprint density at radius 3 is 1.47 bits per heavy atom. The van der Waals surface area contributed by atoms with Gasteiger partial charge in [0.05, 0.1) is 33.0 Å². The quantitative estimate of drug-likeness (QED) is 0.0276. The second-order valence-corrected chi connectivity index (χ2v) is 16.5. The van der Waals surface area contributed by atoms with Crippen molar-refractivity contribution in [3.8, 4) is 0 Å². The van der Waals surface area contributed by atoms with E-state index in [-0.39, 0.29) is 39.6 Å². The molecule has 0 radical (unpaired) electrons. The van der Waals surface area contributed by atoms with Crippen LogP contribution in [0.1, 0.15) is 119 Å². The van der Waals surface area contributed by atoms with Gasteiger partial charge in [-0.15, -0.1) is 6.58 Å². The maximum Gasteiger partial charge on any atom is 0.475 e. The van der Waals surface area contributed by atoms with Gasteiger partial charge in [-0.1, -0.05) is 86.1 Å². The molecule has 4 N–H and O–H groups in total. The molecule has 2 aliphatic heterocycles. The predicted molar refractivity (Wildman–Crippen MR) is 223 cm³/mol. The van der Waals surface area contributed by atoms with Crippen LogP contribution in [0, 0.1) is 0 Å². The SMILES string of the molecule is C=CCOC1OC(COC2OC(COCCCC)C(OP(=O)(OCCCC)OCCCC)C(OCCCC)C2NC(=O)O)C(OCCCC)C(OCCCC)C1NC(=O)O. The van der Waals surface area contributed by atoms with E-state index < -0.39 is 81.3 Å². The molecule has 0 aliphatic carbocycles. The summed E-state index contributed by atoms with van der Waals surface area (Å²) in [5.74, 6) is 0. The fourth-order valence-electron chi connectivity index (χ4n) is 6.46. The van der Waals surface area contributed by atoms with Crippen LogP contribution < -0.4 is 10.6 Å². The fraction of sp³-hybridized carbons (Fsp3) is 0.902. The number of unbranched alkanes of at least 4 members (excludes halogenated alkanes) is 6. The van der Waals surface area contributed by atoms with E-state index in [2.05, 4.69) is 17.2 Å². The van der Waals surface area contributed by atoms with Gasteiger partial charge in [0, 0.05) is 26.4 Å². The van der Waals surface area contributed by atoms with Gasteiger partial charge in [-0.05, 0) is 38.5 Å². The summed E-state index contributed by atoms with van der Waals surface area (Å²) in [6.07, 6.45) is -0.658. The molecule has 0 bridgehead atoms. The van der Waals surface area contributed by atoms with Crippen LogP contribution in [0.2, 0.25) is 0 Å². The number of hydrogen-bond acceptors (Lipinski definition) is 14. The van der Waals surface area contributed by atoms with Crippen LogP contribution in [0.5, 0.6) is 0 Å². The summed E-state index contributed by atoms with van der Waals surface area (Å²) < 4.78 is 83.0. The van der Waals surface area contributed by atoms with Crippen LogP contribution in [0.4, 0.5) is 9.59 Å². The monoisotopic (exact) mass is 885 g/mol. The van der Waals surface area contributed by atoms with Crippen molar-refractivity contribution in [1.29, 1.82) is 0 Å². The van der Waals surface area contributed by atoms with Crippen LogP contribution in [0.15, 0.2) is 12.7 Å². The van der Waals surface area contributed by atoms with E-state index in [1.807, 2.05) is 41.5 Å². The second-order valence-electron chi connectivity index (χ2n) is 14.9. The number of hydrogen-bond donors (Lipinski definition) is 4. The lowest BCUT2D eigenvalue weighted by molar-refractivity contribution is -0.311. The molecular formula is C41H77N2O16P. The lowest BCUT2D eigenvalue weighted by atomic mass is 9.95. The van der Waals surface area contributed by atoms with Crippen LogP contribution in [0.3, 0.4) is 0 Å². The normalized spacial score (nSPS) is 27.1. The minimum Gasteiger partial charge on any atom is -0.465 e. The predicted octanol–water partition coefficient (Wildman–Crippen LogP) is 7.43. The van der Waals surface area contributed by atoms with Gasteiger partial charge in [0.1, 0.15) is 48.7 Å². The summed E-state index contributed by atoms with van der Waals surface area (Å²) in [6, 6.07) is -2.21. The summed E-state index contributed by atoms with van der Waals surface area (Å²) in [6.45, 7) is 17.0. The van der Waals surface area contributed by atoms with Crippen LogP contribution in [-0.4, -0.2) is 143 Å². The Morgan fingerprint density at radius 2 is 1.00 bits per heavy atom. The molecule has 0 aromatic rings. The third kappa shape index (κ3) is 19.6. The van der Waals surface area contributed by atoms with Crippen molar-refractivity contribution < 1.29 is 75.8 Å². The van der Waals surface area contributed by atoms with Gasteiger partial charge < -0.3 is 58.7 Å². The number of carbonyl (C=O) groups is 2. The fourth-order valence-corrected chi connectivity index (χ4v) is 7.91. The van der Waals surface area contributed by atoms with Crippen LogP contribution >= 0.6 is 7.82 Å². The molecule has 18 nitrogen and oxygen atoms in total. The van der Waals surface area contributed by atoms with Crippen LogP contribution in [0.25, 0.3) is 0 Å². The minimum absolute atomic E-state index is 0.0431. The summed E-state index contributed by atoms with van der Waals surface area (Å²) in [7, 11) is -4.25. The molecule has 352 valence electrons. The zero-order chi connectivity index (χ0) is 44.2. The molecule has 2 amide bonds. The summed E-state index contributed by atoms with van der Waals surface area (Å²) in [5.41, 5.74) is 0. The van der Waals surface area contributed by atoms with Crippen LogP contribution in [-0.2, 0) is 56.0 Å². The third-order valence-corrected chi connectivity index (χ3v) is 11.3. The number of nitrogens with one attached hydrogen (secondary N) is 2. The average Bonchev–Trinajstić information content (AvgIpc) is 3.21. The van der Waals surface area contributed by atoms with Crippen molar-refractivity contribution in [2.24, 2.45) is 0 Å². The van der Waals surface area contributed by atoms with E-state index >= 15 is 0 Å². The highest BCUT2D eigenvalue weighted by Gasteiger charge is 2.54. The van der Waals surface area contributed by atoms with E-state index in [1.165, 1.54) is 6.08 Å². The number of amides is 2. The van der Waals surface area contributed by atoms with E-state index in [0.717, 1.165) is 44.9 Å². The van der Waals surface area contributed by atoms with Gasteiger partial charge in [0.25, 0.3) is 0 Å². The molecule has 2 rings (SSSR count). The van der Waals surface area contributed by atoms with Crippen molar-refractivity contribution in [2.45, 2.75) is 180 Å². The lowest BCUT2D eigenvalue weighted by Crippen LogP contribution is -2.68. The molecule has 19 heteroatoms. The van der Waals surface area contributed by atoms with Gasteiger partial charge in [0.15, 0.2) is 12.6 Å². The van der Waals surface area contributed by atoms with Gasteiger partial charge in [0.2, 0.25) is 0 Å². The molecule has 2 aliphatic rings. The standard InChI is InChI=1S/C41H77N2O16P/c1-8-15-22-49-28-30-35(59-60(48,55-26-19-12-5)56-27-20-13-6)37(52-25-18-11-4)33(43-41(46)47)39(57-30)54-29-31-34(50-23-16-9-2)36(51-24-17-10-3)32(42-40(44)45)38(58-31)53-21-14-7/h14,30-39,42-43H,7-13,15-29H2,1-6H3,(H,44,45)(H,46,47). The highest BCUT2D eigenvalue weighted by Crippen LogP contribution is 2.53. The Kier molecular flexibility index (Phi) is 28.8. The zero-order valence-corrected chi connectivity index (χ0v) is 37.9. The molecule has 0 aromatic carbocycles. The van der Waals surface area contributed by atoms with Gasteiger partial charge in [-0.3, -0.25) is 13.6 Å². The maximum atomic E-state index is 14.4. The van der Waals surface area contributed by atoms with E-state index in [1.54, 1.807) is 0 Å². The third-order valence-electron chi connectivity index (χ3n) is 9.77. The summed E-state index contributed by atoms with van der Waals surface area (Å²) in [4.78, 5) is 24.6. The van der Waals surface area contributed by atoms with Crippen molar-refractivity contribution in [2.75, 3.05) is 59.5 Å². The Labute approximate surface area is 357 Å². The van der Waals surface area contributed by atoms with Crippen molar-refractivity contribution in [3.05, 3.63) is 12.7 Å². The first-order chi connectivity index (χ1) is 29.0. The molecule has 2 heterocycles. The van der Waals surface area contributed by atoms with Gasteiger partial charge >= 0.3 is 20.0 Å². The number of carboxylic acid groups (broad SMARTS) is 2. The molecule has 60 heavy (non-hydrogen) atoms. The number of phosphoric ester groups is 1. The van der Waals surface area contributed by atoms with E-state index in [4.69, 9.17) is 51.5 Å². The van der Waals surface area contributed by atoms with Crippen molar-refractivity contribution >= 4 is 20.0 Å². The van der Waals surface area contributed by atoms with E-state index in [0.29, 0.717) is 51.9 Å². The second kappa shape index (κ2) is 31.8.